The number of carbonyl (C=O) groups is 1. The molecule has 0 saturated heterocycles. The first-order valence-electron chi connectivity index (χ1n) is 6.80. The third-order valence-electron chi connectivity index (χ3n) is 2.97. The molecule has 0 atom stereocenters. The highest BCUT2D eigenvalue weighted by molar-refractivity contribution is 7.89. The van der Waals surface area contributed by atoms with Crippen molar-refractivity contribution in [1.82, 2.24) is 9.29 Å². The Kier molecular flexibility index (Phi) is 6.35. The van der Waals surface area contributed by atoms with Crippen LogP contribution < -0.4 is 0 Å². The van der Waals surface area contributed by atoms with Gasteiger partial charge in [0.1, 0.15) is 6.26 Å². The van der Waals surface area contributed by atoms with Crippen LogP contribution >= 0.6 is 0 Å². The molecular formula is C13H22N2O5S. The molecule has 0 saturated carbocycles. The van der Waals surface area contributed by atoms with Gasteiger partial charge in [-0.25, -0.2) is 18.2 Å². The predicted octanol–water partition coefficient (Wildman–Crippen LogP) is 1.66. The van der Waals surface area contributed by atoms with Crippen LogP contribution in [0.1, 0.15) is 43.6 Å². The molecule has 0 aromatic carbocycles. The molecule has 1 aromatic heterocycles. The molecule has 0 fully saturated rings. The van der Waals surface area contributed by atoms with Gasteiger partial charge in [0, 0.05) is 6.54 Å². The first-order chi connectivity index (χ1) is 9.80. The van der Waals surface area contributed by atoms with Gasteiger partial charge in [-0.05, 0) is 19.3 Å². The van der Waals surface area contributed by atoms with E-state index in [1.165, 1.54) is 17.7 Å². The van der Waals surface area contributed by atoms with Crippen LogP contribution in [0.2, 0.25) is 0 Å². The monoisotopic (exact) mass is 318 g/mol. The number of hydrogen-bond acceptors (Lipinski definition) is 6. The van der Waals surface area contributed by atoms with E-state index in [4.69, 9.17) is 4.42 Å². The van der Waals surface area contributed by atoms with Gasteiger partial charge in [-0.1, -0.05) is 13.8 Å². The average molecular weight is 318 g/mol. The zero-order valence-electron chi connectivity index (χ0n) is 12.8. The second kappa shape index (κ2) is 7.56. The first-order valence-corrected chi connectivity index (χ1v) is 8.41. The summed E-state index contributed by atoms with van der Waals surface area (Å²) >= 11 is 0. The summed E-state index contributed by atoms with van der Waals surface area (Å²) < 4.78 is 35.2. The molecule has 7 nitrogen and oxygen atoms in total. The smallest absolute Gasteiger partial charge is 0.360 e. The van der Waals surface area contributed by atoms with Crippen LogP contribution in [0.25, 0.3) is 0 Å². The van der Waals surface area contributed by atoms with Gasteiger partial charge in [-0.15, -0.1) is 0 Å². The van der Waals surface area contributed by atoms with Crippen molar-refractivity contribution in [3.05, 3.63) is 17.8 Å². The van der Waals surface area contributed by atoms with E-state index in [1.807, 2.05) is 13.8 Å². The lowest BCUT2D eigenvalue weighted by Gasteiger charge is -2.20. The number of methoxy groups -OCH3 is 1. The molecule has 0 aliphatic heterocycles. The van der Waals surface area contributed by atoms with E-state index in [2.05, 4.69) is 9.72 Å². The molecule has 1 aromatic rings. The van der Waals surface area contributed by atoms with Gasteiger partial charge in [0.25, 0.3) is 0 Å². The first kappa shape index (κ1) is 17.6. The number of sulfonamides is 1. The molecule has 0 bridgehead atoms. The highest BCUT2D eigenvalue weighted by Crippen LogP contribution is 2.13. The third-order valence-corrected chi connectivity index (χ3v) is 4.80. The van der Waals surface area contributed by atoms with E-state index in [0.29, 0.717) is 12.5 Å². The van der Waals surface area contributed by atoms with Gasteiger partial charge in [-0.3, -0.25) is 0 Å². The van der Waals surface area contributed by atoms with Crippen molar-refractivity contribution in [3.63, 3.8) is 0 Å². The van der Waals surface area contributed by atoms with E-state index in [-0.39, 0.29) is 23.9 Å². The van der Waals surface area contributed by atoms with Crippen molar-refractivity contribution < 1.29 is 22.4 Å². The number of carbonyl (C=O) groups excluding carboxylic acids is 1. The molecule has 120 valence electrons. The second-order valence-corrected chi connectivity index (χ2v) is 7.29. The van der Waals surface area contributed by atoms with E-state index in [0.717, 1.165) is 6.42 Å². The zero-order chi connectivity index (χ0) is 16.0. The molecule has 0 amide bonds. The summed E-state index contributed by atoms with van der Waals surface area (Å²) in [5, 5.41) is 0. The van der Waals surface area contributed by atoms with Crippen LogP contribution in [-0.2, 0) is 21.3 Å². The molecule has 1 rings (SSSR count). The fourth-order valence-electron chi connectivity index (χ4n) is 1.63. The number of aromatic nitrogens is 1. The number of rotatable bonds is 8. The van der Waals surface area contributed by atoms with Crippen molar-refractivity contribution in [3.8, 4) is 0 Å². The Hall–Kier alpha value is -1.41. The average Bonchev–Trinajstić information content (AvgIpc) is 2.90. The molecule has 0 N–H and O–H groups in total. The van der Waals surface area contributed by atoms with Crippen LogP contribution in [0.3, 0.4) is 0 Å². The quantitative estimate of drug-likeness (QED) is 0.677. The van der Waals surface area contributed by atoms with Gasteiger partial charge >= 0.3 is 5.97 Å². The molecule has 0 spiro atoms. The summed E-state index contributed by atoms with van der Waals surface area (Å²) in [5.41, 5.74) is 0.0326. The Labute approximate surface area is 125 Å². The highest BCUT2D eigenvalue weighted by atomic mass is 32.2. The van der Waals surface area contributed by atoms with Crippen molar-refractivity contribution in [2.24, 2.45) is 5.92 Å². The van der Waals surface area contributed by atoms with Crippen molar-refractivity contribution in [2.75, 3.05) is 19.4 Å². The van der Waals surface area contributed by atoms with Crippen LogP contribution in [0.15, 0.2) is 10.7 Å². The Morgan fingerprint density at radius 2 is 2.14 bits per heavy atom. The van der Waals surface area contributed by atoms with Crippen LogP contribution in [-0.4, -0.2) is 43.1 Å². The molecule has 1 heterocycles. The normalized spacial score (nSPS) is 12.1. The number of ether oxygens (including phenoxy) is 1. The van der Waals surface area contributed by atoms with E-state index in [9.17, 15) is 13.2 Å². The molecule has 0 radical (unpaired) electrons. The Morgan fingerprint density at radius 1 is 1.48 bits per heavy atom. The standard InChI is InChI=1S/C13H22N2O5S/c1-5-21(17,18)15(7-6-10(2)3)8-12-14-11(9-20-12)13(16)19-4/h9-10H,5-8H2,1-4H3. The van der Waals surface area contributed by atoms with Crippen LogP contribution in [0, 0.1) is 5.92 Å². The third kappa shape index (κ3) is 5.13. The molecule has 0 unspecified atom stereocenters. The molecule has 21 heavy (non-hydrogen) atoms. The van der Waals surface area contributed by atoms with Crippen molar-refractivity contribution >= 4 is 16.0 Å². The molecule has 0 aliphatic rings. The minimum Gasteiger partial charge on any atom is -0.464 e. The minimum atomic E-state index is -3.35. The van der Waals surface area contributed by atoms with E-state index >= 15 is 0 Å². The SMILES string of the molecule is CCS(=O)(=O)N(CCC(C)C)Cc1nc(C(=O)OC)co1. The minimum absolute atomic E-state index is 0.00959. The lowest BCUT2D eigenvalue weighted by Crippen LogP contribution is -2.33. The maximum Gasteiger partial charge on any atom is 0.360 e. The highest BCUT2D eigenvalue weighted by Gasteiger charge is 2.23. The number of hydrogen-bond donors (Lipinski definition) is 0. The fourth-order valence-corrected chi connectivity index (χ4v) is 2.69. The van der Waals surface area contributed by atoms with Gasteiger partial charge in [0.15, 0.2) is 5.69 Å². The van der Waals surface area contributed by atoms with E-state index < -0.39 is 16.0 Å². The summed E-state index contributed by atoms with van der Waals surface area (Å²) in [6.45, 7) is 6.05. The van der Waals surface area contributed by atoms with Crippen molar-refractivity contribution in [2.45, 2.75) is 33.7 Å². The molecular weight excluding hydrogens is 296 g/mol. The Morgan fingerprint density at radius 3 is 2.67 bits per heavy atom. The lowest BCUT2D eigenvalue weighted by molar-refractivity contribution is 0.0594. The van der Waals surface area contributed by atoms with Crippen molar-refractivity contribution in [1.29, 1.82) is 0 Å². The lowest BCUT2D eigenvalue weighted by atomic mass is 10.1. The van der Waals surface area contributed by atoms with E-state index in [1.54, 1.807) is 6.92 Å². The largest absolute Gasteiger partial charge is 0.464 e. The van der Waals surface area contributed by atoms with Gasteiger partial charge in [0.2, 0.25) is 15.9 Å². The molecule has 0 aliphatic carbocycles. The summed E-state index contributed by atoms with van der Waals surface area (Å²) in [4.78, 5) is 15.3. The summed E-state index contributed by atoms with van der Waals surface area (Å²) in [7, 11) is -2.11. The molecule has 8 heteroatoms. The number of nitrogens with zero attached hydrogens (tertiary/aromatic N) is 2. The summed E-state index contributed by atoms with van der Waals surface area (Å²) in [6.07, 6.45) is 1.91. The maximum absolute atomic E-state index is 12.1. The topological polar surface area (TPSA) is 89.7 Å². The second-order valence-electron chi connectivity index (χ2n) is 5.03. The maximum atomic E-state index is 12.1. The fraction of sp³-hybridized carbons (Fsp3) is 0.692. The zero-order valence-corrected chi connectivity index (χ0v) is 13.6. The summed E-state index contributed by atoms with van der Waals surface area (Å²) in [5.74, 6) is -0.0432. The number of oxazole rings is 1. The predicted molar refractivity (Wildman–Crippen MR) is 77.2 cm³/mol. The van der Waals surface area contributed by atoms with Gasteiger partial charge in [-0.2, -0.15) is 4.31 Å². The van der Waals surface area contributed by atoms with Gasteiger partial charge in [0.05, 0.1) is 19.4 Å². The summed E-state index contributed by atoms with van der Waals surface area (Å²) in [6, 6.07) is 0. The van der Waals surface area contributed by atoms with Crippen LogP contribution in [0.4, 0.5) is 0 Å². The van der Waals surface area contributed by atoms with Gasteiger partial charge < -0.3 is 9.15 Å². The van der Waals surface area contributed by atoms with Crippen LogP contribution in [0.5, 0.6) is 0 Å². The number of esters is 1. The Balaban J connectivity index is 2.85. The Bertz CT molecular complexity index is 565.